The highest BCUT2D eigenvalue weighted by molar-refractivity contribution is 5.68. The van der Waals surface area contributed by atoms with Crippen molar-refractivity contribution in [3.63, 3.8) is 0 Å². The van der Waals surface area contributed by atoms with Crippen LogP contribution in [0.1, 0.15) is 19.8 Å². The van der Waals surface area contributed by atoms with Gasteiger partial charge in [-0.2, -0.15) is 0 Å². The monoisotopic (exact) mass is 186 g/mol. The van der Waals surface area contributed by atoms with E-state index in [4.69, 9.17) is 4.74 Å². The molecule has 1 heterocycles. The van der Waals surface area contributed by atoms with Gasteiger partial charge in [-0.1, -0.05) is 0 Å². The number of rotatable bonds is 3. The number of hydrogen-bond acceptors (Lipinski definition) is 3. The summed E-state index contributed by atoms with van der Waals surface area (Å²) >= 11 is 0. The van der Waals surface area contributed by atoms with E-state index in [1.165, 1.54) is 0 Å². The van der Waals surface area contributed by atoms with Gasteiger partial charge in [-0.15, -0.1) is 0 Å². The van der Waals surface area contributed by atoms with Gasteiger partial charge in [0.15, 0.2) is 0 Å². The molecule has 0 radical (unpaired) electrons. The molecule has 1 fully saturated rings. The maximum absolute atomic E-state index is 11.4. The summed E-state index contributed by atoms with van der Waals surface area (Å²) in [5.74, 6) is 0. The molecule has 0 aromatic heterocycles. The van der Waals surface area contributed by atoms with Crippen LogP contribution in [0.4, 0.5) is 4.79 Å². The Balaban J connectivity index is 2.42. The van der Waals surface area contributed by atoms with E-state index < -0.39 is 0 Å². The first kappa shape index (κ1) is 10.3. The number of nitrogens with zero attached hydrogens (tertiary/aromatic N) is 1. The smallest absolute Gasteiger partial charge is 0.410 e. The van der Waals surface area contributed by atoms with E-state index in [1.54, 1.807) is 0 Å². The summed E-state index contributed by atoms with van der Waals surface area (Å²) in [4.78, 5) is 13.2. The molecule has 1 atom stereocenters. The molecule has 0 saturated carbocycles. The van der Waals surface area contributed by atoms with E-state index in [0.717, 1.165) is 25.9 Å². The molecule has 4 heteroatoms. The van der Waals surface area contributed by atoms with Crippen molar-refractivity contribution in [1.29, 1.82) is 0 Å². The van der Waals surface area contributed by atoms with Crippen LogP contribution in [0.2, 0.25) is 0 Å². The fourth-order valence-electron chi connectivity index (χ4n) is 1.73. The average molecular weight is 186 g/mol. The van der Waals surface area contributed by atoms with Crippen LogP contribution in [-0.4, -0.2) is 43.8 Å². The molecular formula is C9H18N2O2. The summed E-state index contributed by atoms with van der Waals surface area (Å²) in [7, 11) is 1.90. The lowest BCUT2D eigenvalue weighted by molar-refractivity contribution is 0.103. The molecular weight excluding hydrogens is 168 g/mol. The van der Waals surface area contributed by atoms with Gasteiger partial charge in [0.25, 0.3) is 0 Å². The Hall–Kier alpha value is -0.770. The topological polar surface area (TPSA) is 41.6 Å². The summed E-state index contributed by atoms with van der Waals surface area (Å²) < 4.78 is 4.96. The van der Waals surface area contributed by atoms with Gasteiger partial charge in [0.05, 0.1) is 6.61 Å². The van der Waals surface area contributed by atoms with E-state index in [-0.39, 0.29) is 6.09 Å². The maximum Gasteiger partial charge on any atom is 0.410 e. The number of amides is 1. The third-order valence-corrected chi connectivity index (χ3v) is 2.32. The number of carbonyl (C=O) groups is 1. The lowest BCUT2D eigenvalue weighted by Gasteiger charge is -2.23. The minimum atomic E-state index is -0.166. The lowest BCUT2D eigenvalue weighted by Crippen LogP contribution is -2.41. The summed E-state index contributed by atoms with van der Waals surface area (Å²) in [5, 5.41) is 3.09. The number of carbonyl (C=O) groups excluding carboxylic acids is 1. The second kappa shape index (κ2) is 5.07. The van der Waals surface area contributed by atoms with Crippen molar-refractivity contribution in [3.05, 3.63) is 0 Å². The van der Waals surface area contributed by atoms with Crippen molar-refractivity contribution in [3.8, 4) is 0 Å². The highest BCUT2D eigenvalue weighted by Gasteiger charge is 2.28. The van der Waals surface area contributed by atoms with E-state index in [2.05, 4.69) is 5.32 Å². The van der Waals surface area contributed by atoms with Crippen LogP contribution in [0.5, 0.6) is 0 Å². The van der Waals surface area contributed by atoms with Crippen molar-refractivity contribution in [2.45, 2.75) is 25.8 Å². The zero-order valence-corrected chi connectivity index (χ0v) is 8.38. The number of likely N-dealkylation sites (tertiary alicyclic amines) is 1. The van der Waals surface area contributed by atoms with Gasteiger partial charge in [0, 0.05) is 19.1 Å². The third-order valence-electron chi connectivity index (χ3n) is 2.32. The predicted molar refractivity (Wildman–Crippen MR) is 50.7 cm³/mol. The van der Waals surface area contributed by atoms with Gasteiger partial charge in [0.2, 0.25) is 0 Å². The molecule has 0 spiro atoms. The summed E-state index contributed by atoms with van der Waals surface area (Å²) in [6.07, 6.45) is 2.01. The molecule has 0 aromatic rings. The highest BCUT2D eigenvalue weighted by atomic mass is 16.6. The molecule has 0 aliphatic carbocycles. The molecule has 1 amide bonds. The average Bonchev–Trinajstić information content (AvgIpc) is 2.54. The molecule has 4 nitrogen and oxygen atoms in total. The normalized spacial score (nSPS) is 22.0. The predicted octanol–water partition coefficient (Wildman–Crippen LogP) is 0.827. The Morgan fingerprint density at radius 3 is 3.08 bits per heavy atom. The molecule has 76 valence electrons. The third kappa shape index (κ3) is 2.59. The molecule has 1 saturated heterocycles. The number of likely N-dealkylation sites (N-methyl/N-ethyl adjacent to an activating group) is 1. The molecule has 1 unspecified atom stereocenters. The molecule has 1 rings (SSSR count). The van der Waals surface area contributed by atoms with Crippen LogP contribution >= 0.6 is 0 Å². The van der Waals surface area contributed by atoms with E-state index >= 15 is 0 Å². The van der Waals surface area contributed by atoms with E-state index in [0.29, 0.717) is 12.6 Å². The summed E-state index contributed by atoms with van der Waals surface area (Å²) in [6.45, 7) is 3.99. The van der Waals surface area contributed by atoms with Gasteiger partial charge in [-0.3, -0.25) is 0 Å². The molecule has 13 heavy (non-hydrogen) atoms. The van der Waals surface area contributed by atoms with Crippen molar-refractivity contribution in [2.24, 2.45) is 0 Å². The van der Waals surface area contributed by atoms with Gasteiger partial charge in [-0.05, 0) is 26.8 Å². The number of ether oxygens (including phenoxy) is 1. The fourth-order valence-corrected chi connectivity index (χ4v) is 1.73. The van der Waals surface area contributed by atoms with Crippen LogP contribution in [-0.2, 0) is 4.74 Å². The highest BCUT2D eigenvalue weighted by Crippen LogP contribution is 2.17. The van der Waals surface area contributed by atoms with Crippen LogP contribution in [0.25, 0.3) is 0 Å². The largest absolute Gasteiger partial charge is 0.450 e. The van der Waals surface area contributed by atoms with Gasteiger partial charge < -0.3 is 15.0 Å². The quantitative estimate of drug-likeness (QED) is 0.709. The number of hydrogen-bond donors (Lipinski definition) is 1. The number of nitrogens with one attached hydrogen (secondary N) is 1. The second-order valence-electron chi connectivity index (χ2n) is 3.25. The Labute approximate surface area is 79.2 Å². The standard InChI is InChI=1S/C9H18N2O2/c1-3-13-9(12)11-6-4-5-8(11)7-10-2/h8,10H,3-7H2,1-2H3. The Morgan fingerprint density at radius 2 is 2.46 bits per heavy atom. The van der Waals surface area contributed by atoms with E-state index in [9.17, 15) is 4.79 Å². The van der Waals surface area contributed by atoms with Crippen molar-refractivity contribution >= 4 is 6.09 Å². The Morgan fingerprint density at radius 1 is 1.69 bits per heavy atom. The molecule has 0 aromatic carbocycles. The molecule has 1 aliphatic heterocycles. The zero-order valence-electron chi connectivity index (χ0n) is 8.38. The van der Waals surface area contributed by atoms with Crippen molar-refractivity contribution < 1.29 is 9.53 Å². The first-order valence-corrected chi connectivity index (χ1v) is 4.87. The molecule has 1 N–H and O–H groups in total. The Bertz CT molecular complexity index is 173. The lowest BCUT2D eigenvalue weighted by atomic mass is 10.2. The minimum Gasteiger partial charge on any atom is -0.450 e. The summed E-state index contributed by atoms with van der Waals surface area (Å²) in [6, 6.07) is 0.323. The van der Waals surface area contributed by atoms with Gasteiger partial charge in [0.1, 0.15) is 0 Å². The van der Waals surface area contributed by atoms with Crippen LogP contribution in [0, 0.1) is 0 Å². The molecule has 0 bridgehead atoms. The molecule has 1 aliphatic rings. The fraction of sp³-hybridized carbons (Fsp3) is 0.889. The van der Waals surface area contributed by atoms with Gasteiger partial charge >= 0.3 is 6.09 Å². The minimum absolute atomic E-state index is 0.166. The summed E-state index contributed by atoms with van der Waals surface area (Å²) in [5.41, 5.74) is 0. The van der Waals surface area contributed by atoms with Crippen molar-refractivity contribution in [1.82, 2.24) is 10.2 Å². The first-order chi connectivity index (χ1) is 6.29. The zero-order chi connectivity index (χ0) is 9.68. The SMILES string of the molecule is CCOC(=O)N1CCCC1CNC. The van der Waals surface area contributed by atoms with Gasteiger partial charge in [-0.25, -0.2) is 4.79 Å². The van der Waals surface area contributed by atoms with Crippen LogP contribution < -0.4 is 5.32 Å². The van der Waals surface area contributed by atoms with E-state index in [1.807, 2.05) is 18.9 Å². The maximum atomic E-state index is 11.4. The Kier molecular flexibility index (Phi) is 4.02. The van der Waals surface area contributed by atoms with Crippen LogP contribution in [0.15, 0.2) is 0 Å². The second-order valence-corrected chi connectivity index (χ2v) is 3.25. The van der Waals surface area contributed by atoms with Crippen LogP contribution in [0.3, 0.4) is 0 Å². The first-order valence-electron chi connectivity index (χ1n) is 4.87. The van der Waals surface area contributed by atoms with Crippen molar-refractivity contribution in [2.75, 3.05) is 26.7 Å².